The molecule has 1 aliphatic rings. The van der Waals surface area contributed by atoms with Gasteiger partial charge in [-0.15, -0.1) is 0 Å². The van der Waals surface area contributed by atoms with Crippen molar-refractivity contribution in [1.82, 2.24) is 0 Å². The average molecular weight is 227 g/mol. The minimum absolute atomic E-state index is 0.0203. The molecule has 0 atom stereocenters. The third kappa shape index (κ3) is 2.78. The minimum atomic E-state index is -0.404. The van der Waals surface area contributed by atoms with Crippen LogP contribution in [0.2, 0.25) is 5.02 Å². The van der Waals surface area contributed by atoms with Gasteiger partial charge in [0.05, 0.1) is 5.02 Å². The Balaban J connectivity index is 2.03. The summed E-state index contributed by atoms with van der Waals surface area (Å²) in [4.78, 5) is 11.7. The number of ketones is 1. The number of carbonyl (C=O) groups excluding carboxylic acids is 1. The Morgan fingerprint density at radius 2 is 2.20 bits per heavy atom. The molecule has 0 radical (unpaired) electrons. The number of halogens is 2. The van der Waals surface area contributed by atoms with Crippen LogP contribution in [0.4, 0.5) is 4.39 Å². The summed E-state index contributed by atoms with van der Waals surface area (Å²) >= 11 is 5.79. The van der Waals surface area contributed by atoms with Gasteiger partial charge in [0.1, 0.15) is 5.82 Å². The van der Waals surface area contributed by atoms with E-state index in [9.17, 15) is 9.18 Å². The second-order valence-electron chi connectivity index (χ2n) is 4.03. The van der Waals surface area contributed by atoms with Crippen LogP contribution in [0.1, 0.15) is 36.0 Å². The van der Waals surface area contributed by atoms with Gasteiger partial charge in [-0.1, -0.05) is 24.4 Å². The standard InChI is InChI=1S/C12H12ClFO/c13-11-7-9(14)4-5-10(11)12(15)6-3-8-1-2-8/h4-5,7-8H,1-3,6H2. The van der Waals surface area contributed by atoms with E-state index in [2.05, 4.69) is 0 Å². The summed E-state index contributed by atoms with van der Waals surface area (Å²) < 4.78 is 12.7. The quantitative estimate of drug-likeness (QED) is 0.713. The summed E-state index contributed by atoms with van der Waals surface area (Å²) in [6.45, 7) is 0. The average Bonchev–Trinajstić information content (AvgIpc) is 2.97. The molecular formula is C12H12ClFO. The van der Waals surface area contributed by atoms with E-state index in [-0.39, 0.29) is 10.8 Å². The zero-order valence-corrected chi connectivity index (χ0v) is 9.06. The van der Waals surface area contributed by atoms with Crippen LogP contribution < -0.4 is 0 Å². The molecule has 0 aliphatic heterocycles. The van der Waals surface area contributed by atoms with E-state index < -0.39 is 5.82 Å². The van der Waals surface area contributed by atoms with Crippen molar-refractivity contribution >= 4 is 17.4 Å². The van der Waals surface area contributed by atoms with Crippen LogP contribution >= 0.6 is 11.6 Å². The topological polar surface area (TPSA) is 17.1 Å². The molecule has 1 aromatic rings. The zero-order valence-electron chi connectivity index (χ0n) is 8.30. The summed E-state index contributed by atoms with van der Waals surface area (Å²) in [7, 11) is 0. The normalized spacial score (nSPS) is 15.3. The Hall–Kier alpha value is -0.890. The van der Waals surface area contributed by atoms with E-state index in [0.29, 0.717) is 12.0 Å². The van der Waals surface area contributed by atoms with Gasteiger partial charge in [0, 0.05) is 12.0 Å². The summed E-state index contributed by atoms with van der Waals surface area (Å²) in [5, 5.41) is 0.218. The van der Waals surface area contributed by atoms with Gasteiger partial charge in [0.2, 0.25) is 0 Å². The van der Waals surface area contributed by atoms with Gasteiger partial charge in [-0.2, -0.15) is 0 Å². The van der Waals surface area contributed by atoms with Crippen molar-refractivity contribution in [2.24, 2.45) is 5.92 Å². The Morgan fingerprint density at radius 3 is 2.80 bits per heavy atom. The van der Waals surface area contributed by atoms with Crippen molar-refractivity contribution < 1.29 is 9.18 Å². The summed E-state index contributed by atoms with van der Waals surface area (Å²) in [5.41, 5.74) is 0.443. The molecule has 0 spiro atoms. The van der Waals surface area contributed by atoms with Crippen molar-refractivity contribution in [1.29, 1.82) is 0 Å². The second-order valence-corrected chi connectivity index (χ2v) is 4.44. The van der Waals surface area contributed by atoms with E-state index in [0.717, 1.165) is 12.3 Å². The highest BCUT2D eigenvalue weighted by Gasteiger charge is 2.22. The highest BCUT2D eigenvalue weighted by molar-refractivity contribution is 6.33. The predicted molar refractivity (Wildman–Crippen MR) is 57.7 cm³/mol. The third-order valence-corrected chi connectivity index (χ3v) is 3.02. The molecule has 1 aromatic carbocycles. The zero-order chi connectivity index (χ0) is 10.8. The number of hydrogen-bond acceptors (Lipinski definition) is 1. The molecular weight excluding hydrogens is 215 g/mol. The lowest BCUT2D eigenvalue weighted by atomic mass is 10.0. The minimum Gasteiger partial charge on any atom is -0.294 e. The molecule has 1 saturated carbocycles. The van der Waals surface area contributed by atoms with Gasteiger partial charge in [-0.3, -0.25) is 4.79 Å². The molecule has 15 heavy (non-hydrogen) atoms. The maximum atomic E-state index is 12.7. The van der Waals surface area contributed by atoms with Gasteiger partial charge in [-0.05, 0) is 30.5 Å². The molecule has 0 N–H and O–H groups in total. The van der Waals surface area contributed by atoms with Crippen molar-refractivity contribution in [3.05, 3.63) is 34.6 Å². The van der Waals surface area contributed by atoms with Crippen LogP contribution in [0.3, 0.4) is 0 Å². The van der Waals surface area contributed by atoms with Crippen LogP contribution in [0.15, 0.2) is 18.2 Å². The van der Waals surface area contributed by atoms with Gasteiger partial charge >= 0.3 is 0 Å². The smallest absolute Gasteiger partial charge is 0.164 e. The van der Waals surface area contributed by atoms with Crippen LogP contribution in [0.5, 0.6) is 0 Å². The SMILES string of the molecule is O=C(CCC1CC1)c1ccc(F)cc1Cl. The number of carbonyl (C=O) groups is 1. The maximum absolute atomic E-state index is 12.7. The molecule has 0 saturated heterocycles. The lowest BCUT2D eigenvalue weighted by Gasteiger charge is -2.02. The van der Waals surface area contributed by atoms with Crippen LogP contribution in [0.25, 0.3) is 0 Å². The first-order valence-electron chi connectivity index (χ1n) is 5.15. The lowest BCUT2D eigenvalue weighted by Crippen LogP contribution is -2.00. The molecule has 1 fully saturated rings. The van der Waals surface area contributed by atoms with Gasteiger partial charge in [0.15, 0.2) is 5.78 Å². The van der Waals surface area contributed by atoms with Gasteiger partial charge < -0.3 is 0 Å². The highest BCUT2D eigenvalue weighted by Crippen LogP contribution is 2.34. The van der Waals surface area contributed by atoms with Gasteiger partial charge in [0.25, 0.3) is 0 Å². The first-order chi connectivity index (χ1) is 7.16. The molecule has 80 valence electrons. The Bertz CT molecular complexity index is 385. The molecule has 0 bridgehead atoms. The fourth-order valence-corrected chi connectivity index (χ4v) is 1.86. The van der Waals surface area contributed by atoms with E-state index >= 15 is 0 Å². The number of benzene rings is 1. The Kier molecular flexibility index (Phi) is 3.06. The molecule has 1 aliphatic carbocycles. The van der Waals surface area contributed by atoms with E-state index in [4.69, 9.17) is 11.6 Å². The Morgan fingerprint density at radius 1 is 1.47 bits per heavy atom. The van der Waals surface area contributed by atoms with E-state index in [1.807, 2.05) is 0 Å². The lowest BCUT2D eigenvalue weighted by molar-refractivity contribution is 0.0978. The number of Topliss-reactive ketones (excluding diaryl/α,β-unsaturated/α-hetero) is 1. The summed E-state index contributed by atoms with van der Waals surface area (Å²) in [6.07, 6.45) is 3.94. The van der Waals surface area contributed by atoms with Crippen LogP contribution in [0, 0.1) is 11.7 Å². The summed E-state index contributed by atoms with van der Waals surface area (Å²) in [5.74, 6) is 0.346. The van der Waals surface area contributed by atoms with Gasteiger partial charge in [-0.25, -0.2) is 4.39 Å². The van der Waals surface area contributed by atoms with E-state index in [1.54, 1.807) is 0 Å². The molecule has 0 heterocycles. The van der Waals surface area contributed by atoms with Crippen LogP contribution in [-0.4, -0.2) is 5.78 Å². The van der Waals surface area contributed by atoms with Crippen molar-refractivity contribution in [3.63, 3.8) is 0 Å². The van der Waals surface area contributed by atoms with Crippen molar-refractivity contribution in [2.45, 2.75) is 25.7 Å². The molecule has 1 nitrogen and oxygen atoms in total. The largest absolute Gasteiger partial charge is 0.294 e. The highest BCUT2D eigenvalue weighted by atomic mass is 35.5. The van der Waals surface area contributed by atoms with Crippen molar-refractivity contribution in [2.75, 3.05) is 0 Å². The summed E-state index contributed by atoms with van der Waals surface area (Å²) in [6, 6.07) is 3.93. The number of hydrogen-bond donors (Lipinski definition) is 0. The van der Waals surface area contributed by atoms with Crippen molar-refractivity contribution in [3.8, 4) is 0 Å². The predicted octanol–water partition coefficient (Wildman–Crippen LogP) is 3.85. The Labute approximate surface area is 93.2 Å². The second kappa shape index (κ2) is 4.31. The first-order valence-corrected chi connectivity index (χ1v) is 5.53. The third-order valence-electron chi connectivity index (χ3n) is 2.71. The van der Waals surface area contributed by atoms with E-state index in [1.165, 1.54) is 31.0 Å². The fourth-order valence-electron chi connectivity index (χ4n) is 1.59. The van der Waals surface area contributed by atoms with Crippen LogP contribution in [-0.2, 0) is 0 Å². The molecule has 0 amide bonds. The monoisotopic (exact) mass is 226 g/mol. The number of rotatable bonds is 4. The molecule has 2 rings (SSSR count). The molecule has 3 heteroatoms. The maximum Gasteiger partial charge on any atom is 0.164 e. The fraction of sp³-hybridized carbons (Fsp3) is 0.417. The molecule has 0 aromatic heterocycles. The first kappa shape index (κ1) is 10.6. The molecule has 0 unspecified atom stereocenters.